The van der Waals surface area contributed by atoms with E-state index in [1.54, 1.807) is 6.20 Å². The van der Waals surface area contributed by atoms with E-state index in [-0.39, 0.29) is 0 Å². The average Bonchev–Trinajstić information content (AvgIpc) is 2.52. The van der Waals surface area contributed by atoms with E-state index in [0.29, 0.717) is 18.6 Å². The monoisotopic (exact) mass is 169 g/mol. The molecule has 0 aliphatic heterocycles. The number of ketones is 1. The minimum atomic E-state index is 0.332. The fourth-order valence-electron chi connectivity index (χ4n) is 0.810. The zero-order valence-corrected chi connectivity index (χ0v) is 7.36. The number of aromatic nitrogens is 1. The normalized spacial score (nSPS) is 9.91. The summed E-state index contributed by atoms with van der Waals surface area (Å²) in [5, 5.41) is 0. The van der Waals surface area contributed by atoms with Crippen LogP contribution in [-0.2, 0) is 11.2 Å². The number of hydrogen-bond acceptors (Lipinski definition) is 3. The van der Waals surface area contributed by atoms with Crippen molar-refractivity contribution in [3.05, 3.63) is 17.1 Å². The molecule has 1 heterocycles. The predicted octanol–water partition coefficient (Wildman–Crippen LogP) is 2.05. The topological polar surface area (TPSA) is 30.0 Å². The van der Waals surface area contributed by atoms with E-state index in [0.717, 1.165) is 6.42 Å². The fourth-order valence-corrected chi connectivity index (χ4v) is 1.38. The Morgan fingerprint density at radius 2 is 2.55 bits per heavy atom. The van der Waals surface area contributed by atoms with Crippen molar-refractivity contribution >= 4 is 17.3 Å². The van der Waals surface area contributed by atoms with Crippen LogP contribution >= 0.6 is 11.5 Å². The fraction of sp³-hybridized carbons (Fsp3) is 0.500. The molecule has 1 rings (SSSR count). The summed E-state index contributed by atoms with van der Waals surface area (Å²) in [5.41, 5.74) is 0. The Morgan fingerprint density at radius 1 is 1.73 bits per heavy atom. The first kappa shape index (κ1) is 8.40. The van der Waals surface area contributed by atoms with Crippen molar-refractivity contribution in [3.63, 3.8) is 0 Å². The van der Waals surface area contributed by atoms with Gasteiger partial charge in [-0.3, -0.25) is 4.79 Å². The third kappa shape index (κ3) is 2.80. The molecule has 0 spiro atoms. The number of carbonyl (C=O) groups is 1. The summed E-state index contributed by atoms with van der Waals surface area (Å²) in [4.78, 5) is 12.1. The number of nitrogens with zero attached hydrogens (tertiary/aromatic N) is 1. The molecule has 0 atom stereocenters. The molecule has 60 valence electrons. The van der Waals surface area contributed by atoms with Crippen LogP contribution in [0.3, 0.4) is 0 Å². The van der Waals surface area contributed by atoms with Crippen LogP contribution in [0.4, 0.5) is 0 Å². The molecule has 0 unspecified atom stereocenters. The summed E-state index contributed by atoms with van der Waals surface area (Å²) in [6, 6.07) is 1.97. The summed E-state index contributed by atoms with van der Waals surface area (Å²) in [6.45, 7) is 1.90. The van der Waals surface area contributed by atoms with Crippen LogP contribution < -0.4 is 0 Å². The van der Waals surface area contributed by atoms with Gasteiger partial charge < -0.3 is 0 Å². The minimum absolute atomic E-state index is 0.332. The van der Waals surface area contributed by atoms with Crippen LogP contribution in [-0.4, -0.2) is 10.2 Å². The van der Waals surface area contributed by atoms with Gasteiger partial charge in [-0.25, -0.2) is 4.37 Å². The summed E-state index contributed by atoms with van der Waals surface area (Å²) >= 11 is 1.47. The SMILES string of the molecule is CCC(=O)CCc1ccns1. The van der Waals surface area contributed by atoms with E-state index < -0.39 is 0 Å². The molecule has 2 nitrogen and oxygen atoms in total. The third-order valence-corrected chi connectivity index (χ3v) is 2.34. The van der Waals surface area contributed by atoms with Crippen molar-refractivity contribution in [2.45, 2.75) is 26.2 Å². The van der Waals surface area contributed by atoms with Gasteiger partial charge in [0, 0.05) is 23.9 Å². The second kappa shape index (κ2) is 4.23. The summed E-state index contributed by atoms with van der Waals surface area (Å²) < 4.78 is 3.96. The molecule has 0 fully saturated rings. The highest BCUT2D eigenvalue weighted by molar-refractivity contribution is 7.05. The third-order valence-electron chi connectivity index (χ3n) is 1.54. The Kier molecular flexibility index (Phi) is 3.23. The average molecular weight is 169 g/mol. The zero-order chi connectivity index (χ0) is 8.10. The maximum Gasteiger partial charge on any atom is 0.132 e. The van der Waals surface area contributed by atoms with E-state index in [2.05, 4.69) is 4.37 Å². The van der Waals surface area contributed by atoms with Crippen LogP contribution in [0, 0.1) is 0 Å². The molecular formula is C8H11NOS. The maximum absolute atomic E-state index is 10.9. The second-order valence-corrected chi connectivity index (χ2v) is 3.29. The Labute approximate surface area is 70.4 Å². The molecule has 1 aromatic heterocycles. The molecule has 0 amide bonds. The van der Waals surface area contributed by atoms with E-state index in [9.17, 15) is 4.79 Å². The van der Waals surface area contributed by atoms with Gasteiger partial charge in [-0.15, -0.1) is 0 Å². The summed E-state index contributed by atoms with van der Waals surface area (Å²) in [7, 11) is 0. The zero-order valence-electron chi connectivity index (χ0n) is 6.54. The molecule has 0 bridgehead atoms. The van der Waals surface area contributed by atoms with E-state index in [4.69, 9.17) is 0 Å². The lowest BCUT2D eigenvalue weighted by Crippen LogP contribution is -1.95. The molecule has 1 aromatic rings. The van der Waals surface area contributed by atoms with E-state index >= 15 is 0 Å². The molecular weight excluding hydrogens is 158 g/mol. The molecule has 0 saturated carbocycles. The molecule has 0 aliphatic carbocycles. The van der Waals surface area contributed by atoms with Crippen molar-refractivity contribution in [1.29, 1.82) is 0 Å². The van der Waals surface area contributed by atoms with Gasteiger partial charge >= 0.3 is 0 Å². The summed E-state index contributed by atoms with van der Waals surface area (Å²) in [5.74, 6) is 0.332. The van der Waals surface area contributed by atoms with Gasteiger partial charge in [-0.05, 0) is 24.0 Å². The number of Topliss-reactive ketones (excluding diaryl/α,β-unsaturated/α-hetero) is 1. The Hall–Kier alpha value is -0.700. The first-order valence-corrected chi connectivity index (χ1v) is 4.51. The van der Waals surface area contributed by atoms with Crippen molar-refractivity contribution in [1.82, 2.24) is 4.37 Å². The van der Waals surface area contributed by atoms with Gasteiger partial charge in [0.1, 0.15) is 5.78 Å². The molecule has 0 aliphatic rings. The molecule has 0 N–H and O–H groups in total. The Bertz CT molecular complexity index is 218. The van der Waals surface area contributed by atoms with Crippen molar-refractivity contribution in [2.75, 3.05) is 0 Å². The lowest BCUT2D eigenvalue weighted by atomic mass is 10.2. The van der Waals surface area contributed by atoms with Gasteiger partial charge in [0.15, 0.2) is 0 Å². The number of aryl methyl sites for hydroxylation is 1. The predicted molar refractivity (Wildman–Crippen MR) is 45.7 cm³/mol. The lowest BCUT2D eigenvalue weighted by Gasteiger charge is -1.92. The van der Waals surface area contributed by atoms with Gasteiger partial charge in [-0.2, -0.15) is 0 Å². The van der Waals surface area contributed by atoms with Crippen LogP contribution in [0.25, 0.3) is 0 Å². The first-order valence-electron chi connectivity index (χ1n) is 3.74. The number of rotatable bonds is 4. The number of carbonyl (C=O) groups excluding carboxylic acids is 1. The van der Waals surface area contributed by atoms with Gasteiger partial charge in [0.25, 0.3) is 0 Å². The summed E-state index contributed by atoms with van der Waals surface area (Å²) in [6.07, 6.45) is 3.95. The quantitative estimate of drug-likeness (QED) is 0.690. The van der Waals surface area contributed by atoms with Crippen molar-refractivity contribution in [2.24, 2.45) is 0 Å². The number of hydrogen-bond donors (Lipinski definition) is 0. The molecule has 0 radical (unpaired) electrons. The highest BCUT2D eigenvalue weighted by atomic mass is 32.1. The first-order chi connectivity index (χ1) is 5.33. The minimum Gasteiger partial charge on any atom is -0.300 e. The standard InChI is InChI=1S/C8H11NOS/c1-2-7(10)3-4-8-5-6-9-11-8/h5-6H,2-4H2,1H3. The van der Waals surface area contributed by atoms with Crippen molar-refractivity contribution in [3.8, 4) is 0 Å². The van der Waals surface area contributed by atoms with Gasteiger partial charge in [-0.1, -0.05) is 6.92 Å². The lowest BCUT2D eigenvalue weighted by molar-refractivity contribution is -0.118. The molecule has 3 heteroatoms. The van der Waals surface area contributed by atoms with E-state index in [1.165, 1.54) is 16.4 Å². The van der Waals surface area contributed by atoms with Crippen LogP contribution in [0.5, 0.6) is 0 Å². The Balaban J connectivity index is 2.29. The Morgan fingerprint density at radius 3 is 3.09 bits per heavy atom. The smallest absolute Gasteiger partial charge is 0.132 e. The molecule has 0 aromatic carbocycles. The van der Waals surface area contributed by atoms with Gasteiger partial charge in [0.2, 0.25) is 0 Å². The molecule has 11 heavy (non-hydrogen) atoms. The largest absolute Gasteiger partial charge is 0.300 e. The van der Waals surface area contributed by atoms with Gasteiger partial charge in [0.05, 0.1) is 0 Å². The highest BCUT2D eigenvalue weighted by Gasteiger charge is 1.99. The van der Waals surface area contributed by atoms with Crippen molar-refractivity contribution < 1.29 is 4.79 Å². The highest BCUT2D eigenvalue weighted by Crippen LogP contribution is 2.07. The maximum atomic E-state index is 10.9. The second-order valence-electron chi connectivity index (χ2n) is 2.37. The van der Waals surface area contributed by atoms with Crippen LogP contribution in [0.2, 0.25) is 0 Å². The van der Waals surface area contributed by atoms with Crippen LogP contribution in [0.15, 0.2) is 12.3 Å². The van der Waals surface area contributed by atoms with E-state index in [1.807, 2.05) is 13.0 Å². The molecule has 0 saturated heterocycles. The van der Waals surface area contributed by atoms with Crippen LogP contribution in [0.1, 0.15) is 24.6 Å².